The van der Waals surface area contributed by atoms with Gasteiger partial charge in [0.15, 0.2) is 0 Å². The standard InChI is InChI=1S/C13H12/c1-9-6-12-7-10-4-2-3-5-11(10)8-13(9)12/h2-5,7-9H,6H2,1H3. The van der Waals surface area contributed by atoms with Crippen LogP contribution in [0, 0.1) is 0 Å². The van der Waals surface area contributed by atoms with Crippen molar-refractivity contribution in [3.05, 3.63) is 47.5 Å². The third kappa shape index (κ3) is 0.918. The smallest absolute Gasteiger partial charge is 0.0147 e. The summed E-state index contributed by atoms with van der Waals surface area (Å²) in [4.78, 5) is 0. The van der Waals surface area contributed by atoms with E-state index in [2.05, 4.69) is 43.3 Å². The van der Waals surface area contributed by atoms with Crippen LogP contribution in [-0.2, 0) is 6.42 Å². The Balaban J connectivity index is 2.35. The monoisotopic (exact) mass is 168 g/mol. The van der Waals surface area contributed by atoms with Gasteiger partial charge in [0.1, 0.15) is 0 Å². The zero-order valence-corrected chi connectivity index (χ0v) is 7.75. The largest absolute Gasteiger partial charge is 0.0616 e. The van der Waals surface area contributed by atoms with Gasteiger partial charge in [-0.3, -0.25) is 0 Å². The molecular formula is C13H12. The molecule has 0 bridgehead atoms. The van der Waals surface area contributed by atoms with Crippen molar-refractivity contribution in [3.63, 3.8) is 0 Å². The first-order valence-corrected chi connectivity index (χ1v) is 4.86. The highest BCUT2D eigenvalue weighted by Crippen LogP contribution is 2.37. The molecule has 64 valence electrons. The van der Waals surface area contributed by atoms with Crippen LogP contribution in [0.3, 0.4) is 0 Å². The molecule has 0 aliphatic heterocycles. The van der Waals surface area contributed by atoms with Crippen molar-refractivity contribution in [2.24, 2.45) is 0 Å². The number of benzene rings is 2. The fourth-order valence-corrected chi connectivity index (χ4v) is 2.25. The molecule has 1 atom stereocenters. The molecule has 0 nitrogen and oxygen atoms in total. The van der Waals surface area contributed by atoms with Crippen LogP contribution in [0.15, 0.2) is 36.4 Å². The second-order valence-electron chi connectivity index (χ2n) is 4.00. The minimum atomic E-state index is 0.777. The van der Waals surface area contributed by atoms with E-state index in [0.717, 1.165) is 5.92 Å². The van der Waals surface area contributed by atoms with Crippen LogP contribution < -0.4 is 0 Å². The fourth-order valence-electron chi connectivity index (χ4n) is 2.25. The number of hydrogen-bond donors (Lipinski definition) is 0. The first-order valence-electron chi connectivity index (χ1n) is 4.86. The SMILES string of the molecule is CC1Cc2cc3ccccc3cc21. The maximum absolute atomic E-state index is 2.35. The Morgan fingerprint density at radius 3 is 2.46 bits per heavy atom. The van der Waals surface area contributed by atoms with Crippen molar-refractivity contribution >= 4 is 10.8 Å². The molecule has 0 saturated heterocycles. The highest BCUT2D eigenvalue weighted by atomic mass is 14.3. The Kier molecular flexibility index (Phi) is 1.29. The van der Waals surface area contributed by atoms with Crippen LogP contribution in [0.25, 0.3) is 10.8 Å². The molecule has 0 fully saturated rings. The summed E-state index contributed by atoms with van der Waals surface area (Å²) in [6, 6.07) is 13.3. The summed E-state index contributed by atoms with van der Waals surface area (Å²) in [7, 11) is 0. The van der Waals surface area contributed by atoms with Gasteiger partial charge in [0.05, 0.1) is 0 Å². The Hall–Kier alpha value is -1.30. The number of hydrogen-bond acceptors (Lipinski definition) is 0. The zero-order valence-electron chi connectivity index (χ0n) is 7.75. The molecule has 1 aliphatic carbocycles. The highest BCUT2D eigenvalue weighted by Gasteiger charge is 2.21. The lowest BCUT2D eigenvalue weighted by molar-refractivity contribution is 0.670. The van der Waals surface area contributed by atoms with Gasteiger partial charge in [0.25, 0.3) is 0 Å². The van der Waals surface area contributed by atoms with E-state index in [1.807, 2.05) is 0 Å². The molecule has 2 aromatic rings. The van der Waals surface area contributed by atoms with Gasteiger partial charge in [-0.2, -0.15) is 0 Å². The van der Waals surface area contributed by atoms with Crippen LogP contribution in [0.4, 0.5) is 0 Å². The molecule has 0 heteroatoms. The molecular weight excluding hydrogens is 156 g/mol. The lowest BCUT2D eigenvalue weighted by Crippen LogP contribution is -2.13. The van der Waals surface area contributed by atoms with E-state index in [0.29, 0.717) is 0 Å². The van der Waals surface area contributed by atoms with E-state index < -0.39 is 0 Å². The average Bonchev–Trinajstić information content (AvgIpc) is 2.16. The Labute approximate surface area is 78.2 Å². The molecule has 2 aromatic carbocycles. The Morgan fingerprint density at radius 1 is 1.08 bits per heavy atom. The van der Waals surface area contributed by atoms with Crippen molar-refractivity contribution in [2.75, 3.05) is 0 Å². The van der Waals surface area contributed by atoms with Gasteiger partial charge in [0.2, 0.25) is 0 Å². The van der Waals surface area contributed by atoms with E-state index in [1.165, 1.54) is 17.2 Å². The Bertz CT molecular complexity index is 468. The lowest BCUT2D eigenvalue weighted by atomic mass is 9.77. The summed E-state index contributed by atoms with van der Waals surface area (Å²) in [6.07, 6.45) is 1.26. The zero-order chi connectivity index (χ0) is 8.84. The van der Waals surface area contributed by atoms with E-state index in [9.17, 15) is 0 Å². The summed E-state index contributed by atoms with van der Waals surface area (Å²) in [5.74, 6) is 0.777. The van der Waals surface area contributed by atoms with Crippen LogP contribution >= 0.6 is 0 Å². The summed E-state index contributed by atoms with van der Waals surface area (Å²) < 4.78 is 0. The second kappa shape index (κ2) is 2.35. The summed E-state index contributed by atoms with van der Waals surface area (Å²) >= 11 is 0. The minimum Gasteiger partial charge on any atom is -0.0616 e. The van der Waals surface area contributed by atoms with E-state index in [1.54, 1.807) is 11.1 Å². The van der Waals surface area contributed by atoms with E-state index >= 15 is 0 Å². The van der Waals surface area contributed by atoms with Crippen LogP contribution in [0.5, 0.6) is 0 Å². The van der Waals surface area contributed by atoms with Gasteiger partial charge in [-0.15, -0.1) is 0 Å². The topological polar surface area (TPSA) is 0 Å². The molecule has 13 heavy (non-hydrogen) atoms. The molecule has 0 heterocycles. The lowest BCUT2D eigenvalue weighted by Gasteiger charge is -2.27. The predicted octanol–water partition coefficient (Wildman–Crippen LogP) is 3.50. The summed E-state index contributed by atoms with van der Waals surface area (Å²) in [6.45, 7) is 2.30. The van der Waals surface area contributed by atoms with Crippen molar-refractivity contribution in [2.45, 2.75) is 19.3 Å². The summed E-state index contributed by atoms with van der Waals surface area (Å²) in [5, 5.41) is 2.76. The van der Waals surface area contributed by atoms with Gasteiger partial charge >= 0.3 is 0 Å². The molecule has 1 unspecified atom stereocenters. The third-order valence-electron chi connectivity index (χ3n) is 3.06. The van der Waals surface area contributed by atoms with Gasteiger partial charge in [0, 0.05) is 0 Å². The van der Waals surface area contributed by atoms with E-state index in [-0.39, 0.29) is 0 Å². The Morgan fingerprint density at radius 2 is 1.77 bits per heavy atom. The predicted molar refractivity (Wildman–Crippen MR) is 56.1 cm³/mol. The van der Waals surface area contributed by atoms with Gasteiger partial charge in [-0.05, 0) is 34.2 Å². The molecule has 0 N–H and O–H groups in total. The molecule has 0 aromatic heterocycles. The van der Waals surface area contributed by atoms with Crippen molar-refractivity contribution < 1.29 is 0 Å². The minimum absolute atomic E-state index is 0.777. The van der Waals surface area contributed by atoms with Crippen molar-refractivity contribution in [3.8, 4) is 0 Å². The maximum atomic E-state index is 2.35. The third-order valence-corrected chi connectivity index (χ3v) is 3.06. The molecule has 0 saturated carbocycles. The molecule has 0 amide bonds. The maximum Gasteiger partial charge on any atom is -0.0147 e. The van der Waals surface area contributed by atoms with Crippen LogP contribution in [0.1, 0.15) is 24.0 Å². The van der Waals surface area contributed by atoms with E-state index in [4.69, 9.17) is 0 Å². The fraction of sp³-hybridized carbons (Fsp3) is 0.231. The number of rotatable bonds is 0. The second-order valence-corrected chi connectivity index (χ2v) is 4.00. The summed E-state index contributed by atoms with van der Waals surface area (Å²) in [5.41, 5.74) is 3.10. The van der Waals surface area contributed by atoms with Gasteiger partial charge < -0.3 is 0 Å². The molecule has 3 rings (SSSR count). The molecule has 0 radical (unpaired) electrons. The van der Waals surface area contributed by atoms with Crippen molar-refractivity contribution in [1.29, 1.82) is 0 Å². The average molecular weight is 168 g/mol. The van der Waals surface area contributed by atoms with Crippen LogP contribution in [0.2, 0.25) is 0 Å². The molecule has 0 spiro atoms. The first kappa shape index (κ1) is 7.14. The number of fused-ring (bicyclic) bond motifs is 2. The highest BCUT2D eigenvalue weighted by molar-refractivity contribution is 5.85. The van der Waals surface area contributed by atoms with Gasteiger partial charge in [-0.1, -0.05) is 43.3 Å². The normalized spacial score (nSPS) is 19.6. The van der Waals surface area contributed by atoms with Crippen LogP contribution in [-0.4, -0.2) is 0 Å². The van der Waals surface area contributed by atoms with Crippen molar-refractivity contribution in [1.82, 2.24) is 0 Å². The first-order chi connectivity index (χ1) is 6.34. The van der Waals surface area contributed by atoms with Gasteiger partial charge in [-0.25, -0.2) is 0 Å². The quantitative estimate of drug-likeness (QED) is 0.564. The molecule has 1 aliphatic rings.